The number of thiophene rings is 1. The van der Waals surface area contributed by atoms with Gasteiger partial charge in [0.05, 0.1) is 7.11 Å². The minimum Gasteiger partial charge on any atom is -0.497 e. The highest BCUT2D eigenvalue weighted by Gasteiger charge is 2.25. The zero-order valence-electron chi connectivity index (χ0n) is 14.5. The molecule has 0 fully saturated rings. The average Bonchev–Trinajstić information content (AvgIpc) is 3.24. The maximum atomic E-state index is 12.3. The number of aryl methyl sites for hydroxylation is 2. The molecule has 0 aliphatic heterocycles. The summed E-state index contributed by atoms with van der Waals surface area (Å²) in [7, 11) is 1.66. The molecule has 1 aromatic carbocycles. The number of ether oxygens (including phenoxy) is 1. The van der Waals surface area contributed by atoms with Crippen LogP contribution in [0.1, 0.15) is 23.6 Å². The van der Waals surface area contributed by atoms with Gasteiger partial charge in [0.15, 0.2) is 5.89 Å². The van der Waals surface area contributed by atoms with Gasteiger partial charge >= 0.3 is 5.63 Å². The van der Waals surface area contributed by atoms with Crippen LogP contribution in [0.25, 0.3) is 31.6 Å². The van der Waals surface area contributed by atoms with E-state index in [2.05, 4.69) is 17.1 Å². The molecule has 0 N–H and O–H groups in total. The predicted molar refractivity (Wildman–Crippen MR) is 102 cm³/mol. The topological polar surface area (TPSA) is 65.2 Å². The quantitative estimate of drug-likeness (QED) is 0.531. The number of rotatable bonds is 2. The standard InChI is InChI=1S/C20H16N2O3S/c1-10-21-17-16-15(11-6-8-12(24-2)9-7-11)13-4-3-5-14(13)22-19(16)26-18(17)20(23)25-10/h6-9H,3-5H2,1-2H3. The Kier molecular flexibility index (Phi) is 3.37. The molecule has 0 spiro atoms. The molecule has 5 nitrogen and oxygen atoms in total. The zero-order chi connectivity index (χ0) is 17.8. The van der Waals surface area contributed by atoms with Gasteiger partial charge in [0.25, 0.3) is 0 Å². The van der Waals surface area contributed by atoms with Crippen LogP contribution in [0.3, 0.4) is 0 Å². The summed E-state index contributed by atoms with van der Waals surface area (Å²) in [6.07, 6.45) is 3.08. The van der Waals surface area contributed by atoms with Crippen LogP contribution in [-0.4, -0.2) is 17.1 Å². The second-order valence-electron chi connectivity index (χ2n) is 6.47. The van der Waals surface area contributed by atoms with E-state index in [0.717, 1.165) is 52.0 Å². The van der Waals surface area contributed by atoms with E-state index < -0.39 is 0 Å². The van der Waals surface area contributed by atoms with Crippen molar-refractivity contribution in [1.29, 1.82) is 0 Å². The highest BCUT2D eigenvalue weighted by atomic mass is 32.1. The first-order valence-electron chi connectivity index (χ1n) is 8.56. The molecule has 5 rings (SSSR count). The van der Waals surface area contributed by atoms with E-state index in [9.17, 15) is 4.79 Å². The Morgan fingerprint density at radius 3 is 2.73 bits per heavy atom. The maximum absolute atomic E-state index is 12.3. The van der Waals surface area contributed by atoms with Crippen LogP contribution in [-0.2, 0) is 12.8 Å². The monoisotopic (exact) mass is 364 g/mol. The number of methoxy groups -OCH3 is 1. The molecule has 0 radical (unpaired) electrons. The molecule has 3 aromatic heterocycles. The Morgan fingerprint density at radius 2 is 1.96 bits per heavy atom. The summed E-state index contributed by atoms with van der Waals surface area (Å²) in [6, 6.07) is 8.05. The van der Waals surface area contributed by atoms with Crippen molar-refractivity contribution in [1.82, 2.24) is 9.97 Å². The van der Waals surface area contributed by atoms with Crippen LogP contribution in [0.4, 0.5) is 0 Å². The van der Waals surface area contributed by atoms with Crippen LogP contribution < -0.4 is 10.4 Å². The van der Waals surface area contributed by atoms with Gasteiger partial charge in [0.2, 0.25) is 0 Å². The van der Waals surface area contributed by atoms with E-state index in [1.807, 2.05) is 12.1 Å². The molecule has 26 heavy (non-hydrogen) atoms. The highest BCUT2D eigenvalue weighted by molar-refractivity contribution is 7.25. The second-order valence-corrected chi connectivity index (χ2v) is 7.47. The SMILES string of the molecule is COc1ccc(-c2c3c(nc4sc5c(=O)oc(C)nc5c24)CCC3)cc1. The lowest BCUT2D eigenvalue weighted by atomic mass is 9.96. The third-order valence-electron chi connectivity index (χ3n) is 4.92. The van der Waals surface area contributed by atoms with Crippen molar-refractivity contribution in [3.63, 3.8) is 0 Å². The molecular formula is C20H16N2O3S. The summed E-state index contributed by atoms with van der Waals surface area (Å²) in [4.78, 5) is 22.6. The van der Waals surface area contributed by atoms with Crippen molar-refractivity contribution in [2.45, 2.75) is 26.2 Å². The molecule has 4 aromatic rings. The van der Waals surface area contributed by atoms with Gasteiger partial charge in [-0.25, -0.2) is 14.8 Å². The molecule has 0 unspecified atom stereocenters. The van der Waals surface area contributed by atoms with Crippen molar-refractivity contribution < 1.29 is 9.15 Å². The van der Waals surface area contributed by atoms with Crippen molar-refractivity contribution >= 4 is 31.8 Å². The number of fused-ring (bicyclic) bond motifs is 4. The van der Waals surface area contributed by atoms with Gasteiger partial charge in [-0.2, -0.15) is 0 Å². The first-order valence-corrected chi connectivity index (χ1v) is 9.37. The lowest BCUT2D eigenvalue weighted by molar-refractivity contribution is 0.415. The fourth-order valence-electron chi connectivity index (χ4n) is 3.79. The minimum absolute atomic E-state index is 0.337. The second kappa shape index (κ2) is 5.64. The summed E-state index contributed by atoms with van der Waals surface area (Å²) in [5.74, 6) is 1.20. The van der Waals surface area contributed by atoms with E-state index in [1.165, 1.54) is 16.9 Å². The lowest BCUT2D eigenvalue weighted by Crippen LogP contribution is -2.00. The fourth-order valence-corrected chi connectivity index (χ4v) is 4.81. The smallest absolute Gasteiger partial charge is 0.357 e. The Labute approximate surface area is 153 Å². The van der Waals surface area contributed by atoms with Crippen LogP contribution >= 0.6 is 11.3 Å². The first kappa shape index (κ1) is 15.5. The minimum atomic E-state index is -0.337. The lowest BCUT2D eigenvalue weighted by Gasteiger charge is -2.11. The number of nitrogens with zero attached hydrogens (tertiary/aromatic N) is 2. The Morgan fingerprint density at radius 1 is 1.15 bits per heavy atom. The summed E-state index contributed by atoms with van der Waals surface area (Å²) in [5.41, 5.74) is 5.02. The summed E-state index contributed by atoms with van der Waals surface area (Å²) >= 11 is 1.37. The van der Waals surface area contributed by atoms with Gasteiger partial charge in [0.1, 0.15) is 20.8 Å². The molecule has 1 aliphatic carbocycles. The van der Waals surface area contributed by atoms with Crippen LogP contribution in [0, 0.1) is 6.92 Å². The average molecular weight is 364 g/mol. The largest absolute Gasteiger partial charge is 0.497 e. The van der Waals surface area contributed by atoms with E-state index >= 15 is 0 Å². The van der Waals surface area contributed by atoms with Gasteiger partial charge in [-0.05, 0) is 48.1 Å². The molecular weight excluding hydrogens is 348 g/mol. The summed E-state index contributed by atoms with van der Waals surface area (Å²) in [5, 5.41) is 0.965. The van der Waals surface area contributed by atoms with Crippen LogP contribution in [0.15, 0.2) is 33.5 Å². The molecule has 6 heteroatoms. The van der Waals surface area contributed by atoms with Gasteiger partial charge < -0.3 is 9.15 Å². The van der Waals surface area contributed by atoms with Crippen molar-refractivity contribution in [3.8, 4) is 16.9 Å². The van der Waals surface area contributed by atoms with Crippen molar-refractivity contribution in [3.05, 3.63) is 51.8 Å². The first-order chi connectivity index (χ1) is 12.7. The summed E-state index contributed by atoms with van der Waals surface area (Å²) < 4.78 is 11.0. The molecule has 130 valence electrons. The van der Waals surface area contributed by atoms with Gasteiger partial charge in [-0.15, -0.1) is 11.3 Å². The predicted octanol–water partition coefficient (Wildman–Crippen LogP) is 4.27. The van der Waals surface area contributed by atoms with Gasteiger partial charge in [-0.3, -0.25) is 0 Å². The number of hydrogen-bond donors (Lipinski definition) is 0. The molecule has 1 aliphatic rings. The Hall–Kier alpha value is -2.73. The third kappa shape index (κ3) is 2.18. The fraction of sp³-hybridized carbons (Fsp3) is 0.250. The van der Waals surface area contributed by atoms with Crippen LogP contribution in [0.5, 0.6) is 5.75 Å². The van der Waals surface area contributed by atoms with Crippen molar-refractivity contribution in [2.75, 3.05) is 7.11 Å². The van der Waals surface area contributed by atoms with E-state index in [4.69, 9.17) is 14.1 Å². The van der Waals surface area contributed by atoms with Gasteiger partial charge in [-0.1, -0.05) is 12.1 Å². The normalized spacial score (nSPS) is 13.5. The van der Waals surface area contributed by atoms with Crippen molar-refractivity contribution in [2.24, 2.45) is 0 Å². The van der Waals surface area contributed by atoms with Crippen LogP contribution in [0.2, 0.25) is 0 Å². The maximum Gasteiger partial charge on any atom is 0.357 e. The molecule has 0 saturated heterocycles. The number of hydrogen-bond acceptors (Lipinski definition) is 6. The molecule has 0 amide bonds. The number of aromatic nitrogens is 2. The van der Waals surface area contributed by atoms with Gasteiger partial charge in [0, 0.05) is 18.0 Å². The zero-order valence-corrected chi connectivity index (χ0v) is 15.3. The molecule has 0 bridgehead atoms. The number of benzene rings is 1. The van der Waals surface area contributed by atoms with E-state index in [-0.39, 0.29) is 5.63 Å². The Balaban J connectivity index is 1.94. The molecule has 3 heterocycles. The Bertz CT molecular complexity index is 1220. The van der Waals surface area contributed by atoms with E-state index in [1.54, 1.807) is 14.0 Å². The van der Waals surface area contributed by atoms with E-state index in [0.29, 0.717) is 16.1 Å². The molecule has 0 saturated carbocycles. The summed E-state index contributed by atoms with van der Waals surface area (Å²) in [6.45, 7) is 1.71. The third-order valence-corrected chi connectivity index (χ3v) is 5.97. The molecule has 0 atom stereocenters. The highest BCUT2D eigenvalue weighted by Crippen LogP contribution is 2.42. The number of pyridine rings is 1.